The molecule has 0 spiro atoms. The van der Waals surface area contributed by atoms with Gasteiger partial charge in [-0.3, -0.25) is 4.79 Å². The molecule has 1 amide bonds. The van der Waals surface area contributed by atoms with Gasteiger partial charge in [-0.2, -0.15) is 0 Å². The SMILES string of the molecule is NC1CCC(NC(=O)c2ccc(Oc3ccc(F)cc3F)cc2)CC1. The Morgan fingerprint density at radius 3 is 2.36 bits per heavy atom. The van der Waals surface area contributed by atoms with E-state index in [1.807, 2.05) is 0 Å². The smallest absolute Gasteiger partial charge is 0.251 e. The molecule has 132 valence electrons. The first-order chi connectivity index (χ1) is 12.0. The first-order valence-corrected chi connectivity index (χ1v) is 8.30. The quantitative estimate of drug-likeness (QED) is 0.886. The highest BCUT2D eigenvalue weighted by molar-refractivity contribution is 5.94. The van der Waals surface area contributed by atoms with Gasteiger partial charge in [-0.15, -0.1) is 0 Å². The topological polar surface area (TPSA) is 64.3 Å². The predicted molar refractivity (Wildman–Crippen MR) is 90.6 cm³/mol. The number of ether oxygens (including phenoxy) is 1. The summed E-state index contributed by atoms with van der Waals surface area (Å²) in [5, 5.41) is 3.00. The van der Waals surface area contributed by atoms with E-state index in [1.165, 1.54) is 6.07 Å². The van der Waals surface area contributed by atoms with E-state index < -0.39 is 11.6 Å². The molecule has 1 fully saturated rings. The minimum atomic E-state index is -0.780. The molecule has 0 aliphatic heterocycles. The first-order valence-electron chi connectivity index (χ1n) is 8.30. The van der Waals surface area contributed by atoms with E-state index in [1.54, 1.807) is 24.3 Å². The number of carbonyl (C=O) groups is 1. The lowest BCUT2D eigenvalue weighted by Gasteiger charge is -2.26. The van der Waals surface area contributed by atoms with Gasteiger partial charge in [0.1, 0.15) is 11.6 Å². The maximum Gasteiger partial charge on any atom is 0.251 e. The lowest BCUT2D eigenvalue weighted by molar-refractivity contribution is 0.0926. The number of halogens is 2. The van der Waals surface area contributed by atoms with Crippen LogP contribution in [0.4, 0.5) is 8.78 Å². The third kappa shape index (κ3) is 4.54. The Balaban J connectivity index is 1.60. The van der Waals surface area contributed by atoms with Crippen LogP contribution in [0.25, 0.3) is 0 Å². The zero-order valence-corrected chi connectivity index (χ0v) is 13.7. The number of hydrogen-bond donors (Lipinski definition) is 2. The fraction of sp³-hybridized carbons (Fsp3) is 0.316. The van der Waals surface area contributed by atoms with E-state index in [4.69, 9.17) is 10.5 Å². The molecule has 0 atom stereocenters. The minimum absolute atomic E-state index is 0.0721. The molecule has 0 heterocycles. The Hall–Kier alpha value is -2.47. The monoisotopic (exact) mass is 346 g/mol. The molecule has 0 aromatic heterocycles. The van der Waals surface area contributed by atoms with Crippen molar-refractivity contribution < 1.29 is 18.3 Å². The molecule has 6 heteroatoms. The van der Waals surface area contributed by atoms with Gasteiger partial charge in [0.05, 0.1) is 0 Å². The number of rotatable bonds is 4. The average Bonchev–Trinajstić information content (AvgIpc) is 2.60. The molecule has 2 aromatic rings. The Morgan fingerprint density at radius 1 is 1.04 bits per heavy atom. The third-order valence-corrected chi connectivity index (χ3v) is 4.35. The normalized spacial score (nSPS) is 20.1. The Labute approximate surface area is 145 Å². The van der Waals surface area contributed by atoms with Crippen LogP contribution in [0.5, 0.6) is 11.5 Å². The van der Waals surface area contributed by atoms with Gasteiger partial charge in [0.15, 0.2) is 11.6 Å². The van der Waals surface area contributed by atoms with Gasteiger partial charge in [0.2, 0.25) is 0 Å². The van der Waals surface area contributed by atoms with Gasteiger partial charge >= 0.3 is 0 Å². The van der Waals surface area contributed by atoms with Crippen LogP contribution in [0.2, 0.25) is 0 Å². The van der Waals surface area contributed by atoms with E-state index in [0.29, 0.717) is 11.3 Å². The molecule has 0 unspecified atom stereocenters. The second-order valence-corrected chi connectivity index (χ2v) is 6.29. The molecule has 1 aliphatic carbocycles. The van der Waals surface area contributed by atoms with Crippen LogP contribution in [-0.4, -0.2) is 18.0 Å². The first kappa shape index (κ1) is 17.4. The number of carbonyl (C=O) groups excluding carboxylic acids is 1. The van der Waals surface area contributed by atoms with E-state index in [0.717, 1.165) is 37.8 Å². The maximum atomic E-state index is 13.6. The largest absolute Gasteiger partial charge is 0.454 e. The van der Waals surface area contributed by atoms with E-state index in [9.17, 15) is 13.6 Å². The second-order valence-electron chi connectivity index (χ2n) is 6.29. The van der Waals surface area contributed by atoms with Crippen molar-refractivity contribution in [1.82, 2.24) is 5.32 Å². The molecule has 3 rings (SSSR count). The van der Waals surface area contributed by atoms with Gasteiger partial charge in [-0.05, 0) is 62.1 Å². The van der Waals surface area contributed by atoms with Gasteiger partial charge in [-0.25, -0.2) is 8.78 Å². The zero-order chi connectivity index (χ0) is 17.8. The number of nitrogens with one attached hydrogen (secondary N) is 1. The standard InChI is InChI=1S/C19H20F2N2O2/c20-13-3-10-18(17(21)11-13)25-16-8-1-12(2-9-16)19(24)23-15-6-4-14(22)5-7-15/h1-3,8-11,14-15H,4-7,22H2,(H,23,24). The van der Waals surface area contributed by atoms with Gasteiger partial charge in [0, 0.05) is 23.7 Å². The lowest BCUT2D eigenvalue weighted by atomic mass is 9.91. The van der Waals surface area contributed by atoms with Crippen molar-refractivity contribution in [2.75, 3.05) is 0 Å². The summed E-state index contributed by atoms with van der Waals surface area (Å²) in [5.74, 6) is -1.30. The van der Waals surface area contributed by atoms with Gasteiger partial charge in [0.25, 0.3) is 5.91 Å². The van der Waals surface area contributed by atoms with Crippen molar-refractivity contribution in [3.63, 3.8) is 0 Å². The van der Waals surface area contributed by atoms with Crippen molar-refractivity contribution in [2.45, 2.75) is 37.8 Å². The van der Waals surface area contributed by atoms with E-state index >= 15 is 0 Å². The zero-order valence-electron chi connectivity index (χ0n) is 13.7. The van der Waals surface area contributed by atoms with Crippen LogP contribution in [0, 0.1) is 11.6 Å². The van der Waals surface area contributed by atoms with Crippen LogP contribution in [0.15, 0.2) is 42.5 Å². The Bertz CT molecular complexity index is 742. The molecule has 1 aliphatic rings. The highest BCUT2D eigenvalue weighted by Gasteiger charge is 2.20. The van der Waals surface area contributed by atoms with Crippen LogP contribution in [-0.2, 0) is 0 Å². The molecule has 3 N–H and O–H groups in total. The molecule has 0 saturated heterocycles. The number of benzene rings is 2. The van der Waals surface area contributed by atoms with Crippen LogP contribution in [0.3, 0.4) is 0 Å². The number of amides is 1. The Morgan fingerprint density at radius 2 is 1.72 bits per heavy atom. The van der Waals surface area contributed by atoms with E-state index in [2.05, 4.69) is 5.32 Å². The minimum Gasteiger partial charge on any atom is -0.454 e. The summed E-state index contributed by atoms with van der Waals surface area (Å²) in [6.45, 7) is 0. The van der Waals surface area contributed by atoms with Crippen molar-refractivity contribution in [3.8, 4) is 11.5 Å². The van der Waals surface area contributed by atoms with Gasteiger partial charge in [-0.1, -0.05) is 0 Å². The molecular formula is C19H20F2N2O2. The Kier molecular flexibility index (Phi) is 5.28. The van der Waals surface area contributed by atoms with Crippen molar-refractivity contribution in [1.29, 1.82) is 0 Å². The highest BCUT2D eigenvalue weighted by atomic mass is 19.1. The fourth-order valence-electron chi connectivity index (χ4n) is 2.89. The summed E-state index contributed by atoms with van der Waals surface area (Å²) in [4.78, 5) is 12.3. The third-order valence-electron chi connectivity index (χ3n) is 4.35. The molecule has 1 saturated carbocycles. The molecule has 0 bridgehead atoms. The summed E-state index contributed by atoms with van der Waals surface area (Å²) in [7, 11) is 0. The van der Waals surface area contributed by atoms with Crippen molar-refractivity contribution in [2.24, 2.45) is 5.73 Å². The highest BCUT2D eigenvalue weighted by Crippen LogP contribution is 2.25. The maximum absolute atomic E-state index is 13.6. The molecule has 25 heavy (non-hydrogen) atoms. The number of nitrogens with two attached hydrogens (primary N) is 1. The van der Waals surface area contributed by atoms with E-state index in [-0.39, 0.29) is 23.7 Å². The molecule has 0 radical (unpaired) electrons. The van der Waals surface area contributed by atoms with Crippen LogP contribution < -0.4 is 15.8 Å². The summed E-state index contributed by atoms with van der Waals surface area (Å²) < 4.78 is 31.9. The van der Waals surface area contributed by atoms with Crippen molar-refractivity contribution >= 4 is 5.91 Å². The molecule has 2 aromatic carbocycles. The summed E-state index contributed by atoms with van der Waals surface area (Å²) >= 11 is 0. The molecule has 4 nitrogen and oxygen atoms in total. The summed E-state index contributed by atoms with van der Waals surface area (Å²) in [6, 6.07) is 9.86. The van der Waals surface area contributed by atoms with Crippen molar-refractivity contribution in [3.05, 3.63) is 59.7 Å². The van der Waals surface area contributed by atoms with Crippen LogP contribution in [0.1, 0.15) is 36.0 Å². The predicted octanol–water partition coefficient (Wildman–Crippen LogP) is 3.76. The average molecular weight is 346 g/mol. The van der Waals surface area contributed by atoms with Crippen LogP contribution >= 0.6 is 0 Å². The number of hydrogen-bond acceptors (Lipinski definition) is 3. The summed E-state index contributed by atoms with van der Waals surface area (Å²) in [6.07, 6.45) is 3.61. The summed E-state index contributed by atoms with van der Waals surface area (Å²) in [5.41, 5.74) is 6.37. The molecular weight excluding hydrogens is 326 g/mol. The van der Waals surface area contributed by atoms with Gasteiger partial charge < -0.3 is 15.8 Å². The lowest BCUT2D eigenvalue weighted by Crippen LogP contribution is -2.40. The fourth-order valence-corrected chi connectivity index (χ4v) is 2.89. The second kappa shape index (κ2) is 7.61.